The van der Waals surface area contributed by atoms with Crippen molar-refractivity contribution in [2.24, 2.45) is 0 Å². The van der Waals surface area contributed by atoms with E-state index in [4.69, 9.17) is 19.1 Å². The first-order valence-corrected chi connectivity index (χ1v) is 6.06. The molecule has 0 aliphatic heterocycles. The molecule has 20 heavy (non-hydrogen) atoms. The van der Waals surface area contributed by atoms with Gasteiger partial charge < -0.3 is 19.1 Å². The highest BCUT2D eigenvalue weighted by Crippen LogP contribution is 2.35. The summed E-state index contributed by atoms with van der Waals surface area (Å²) in [5.41, 5.74) is 1.63. The smallest absolute Gasteiger partial charge is 0.375 e. The van der Waals surface area contributed by atoms with Crippen molar-refractivity contribution in [3.63, 3.8) is 0 Å². The standard InChI is InChI=1S/C14H15NO5/c1-4-9-12(15-20-13(9)14(16)17)10-7-8(18-2)5-6-11(10)19-3/h5-7H,4H2,1-3H3,(H,16,17). The minimum absolute atomic E-state index is 0.146. The second kappa shape index (κ2) is 5.64. The highest BCUT2D eigenvalue weighted by molar-refractivity contribution is 5.89. The van der Waals surface area contributed by atoms with Crippen LogP contribution in [0.4, 0.5) is 0 Å². The average molecular weight is 277 g/mol. The maximum atomic E-state index is 11.1. The Morgan fingerprint density at radius 2 is 2.10 bits per heavy atom. The molecule has 0 saturated carbocycles. The van der Waals surface area contributed by atoms with Gasteiger partial charge in [-0.2, -0.15) is 0 Å². The number of carbonyl (C=O) groups is 1. The number of rotatable bonds is 5. The van der Waals surface area contributed by atoms with E-state index in [-0.39, 0.29) is 5.76 Å². The molecular formula is C14H15NO5. The van der Waals surface area contributed by atoms with Gasteiger partial charge in [0.15, 0.2) is 0 Å². The van der Waals surface area contributed by atoms with Crippen molar-refractivity contribution in [1.29, 1.82) is 0 Å². The van der Waals surface area contributed by atoms with E-state index in [0.29, 0.717) is 34.7 Å². The van der Waals surface area contributed by atoms with E-state index in [1.165, 1.54) is 7.11 Å². The monoisotopic (exact) mass is 277 g/mol. The van der Waals surface area contributed by atoms with Gasteiger partial charge in [-0.1, -0.05) is 12.1 Å². The summed E-state index contributed by atoms with van der Waals surface area (Å²) in [6.45, 7) is 1.84. The topological polar surface area (TPSA) is 81.8 Å². The van der Waals surface area contributed by atoms with Crippen molar-refractivity contribution in [3.8, 4) is 22.8 Å². The van der Waals surface area contributed by atoms with Gasteiger partial charge in [0.2, 0.25) is 5.76 Å². The van der Waals surface area contributed by atoms with Crippen LogP contribution in [0.5, 0.6) is 11.5 Å². The molecule has 1 aromatic carbocycles. The molecule has 0 aliphatic rings. The lowest BCUT2D eigenvalue weighted by Gasteiger charge is -2.09. The van der Waals surface area contributed by atoms with Crippen LogP contribution in [0.15, 0.2) is 22.7 Å². The van der Waals surface area contributed by atoms with Crippen LogP contribution in [0.3, 0.4) is 0 Å². The van der Waals surface area contributed by atoms with Gasteiger partial charge in [-0.25, -0.2) is 4.79 Å². The van der Waals surface area contributed by atoms with Crippen LogP contribution in [0.2, 0.25) is 0 Å². The lowest BCUT2D eigenvalue weighted by molar-refractivity contribution is 0.0650. The van der Waals surface area contributed by atoms with E-state index in [0.717, 1.165) is 0 Å². The van der Waals surface area contributed by atoms with Crippen molar-refractivity contribution < 1.29 is 23.9 Å². The first-order chi connectivity index (χ1) is 9.62. The number of carboxylic acids is 1. The van der Waals surface area contributed by atoms with Crippen molar-refractivity contribution in [2.45, 2.75) is 13.3 Å². The molecule has 2 aromatic rings. The Kier molecular flexibility index (Phi) is 3.93. The Hall–Kier alpha value is -2.50. The number of methoxy groups -OCH3 is 2. The van der Waals surface area contributed by atoms with Gasteiger partial charge in [0.05, 0.1) is 14.2 Å². The molecule has 6 heteroatoms. The highest BCUT2D eigenvalue weighted by atomic mass is 16.5. The number of hydrogen-bond donors (Lipinski definition) is 1. The fraction of sp³-hybridized carbons (Fsp3) is 0.286. The lowest BCUT2D eigenvalue weighted by atomic mass is 10.0. The molecule has 0 saturated heterocycles. The number of aromatic nitrogens is 1. The summed E-state index contributed by atoms with van der Waals surface area (Å²) >= 11 is 0. The number of nitrogens with zero attached hydrogens (tertiary/aromatic N) is 1. The first-order valence-electron chi connectivity index (χ1n) is 6.06. The van der Waals surface area contributed by atoms with E-state index >= 15 is 0 Å². The zero-order valence-electron chi connectivity index (χ0n) is 11.5. The quantitative estimate of drug-likeness (QED) is 0.904. The minimum atomic E-state index is -1.14. The fourth-order valence-electron chi connectivity index (χ4n) is 2.02. The van der Waals surface area contributed by atoms with Crippen LogP contribution < -0.4 is 9.47 Å². The maximum Gasteiger partial charge on any atom is 0.375 e. The Labute approximate surface area is 115 Å². The number of benzene rings is 1. The lowest BCUT2D eigenvalue weighted by Crippen LogP contribution is -1.99. The number of ether oxygens (including phenoxy) is 2. The van der Waals surface area contributed by atoms with Gasteiger partial charge in [-0.15, -0.1) is 0 Å². The number of hydrogen-bond acceptors (Lipinski definition) is 5. The SMILES string of the molecule is CCc1c(-c2cc(OC)ccc2OC)noc1C(=O)O. The van der Waals surface area contributed by atoms with Gasteiger partial charge in [-0.3, -0.25) is 0 Å². The van der Waals surface area contributed by atoms with E-state index < -0.39 is 5.97 Å². The number of aromatic carboxylic acids is 1. The highest BCUT2D eigenvalue weighted by Gasteiger charge is 2.23. The molecule has 6 nitrogen and oxygen atoms in total. The third-order valence-electron chi connectivity index (χ3n) is 3.00. The largest absolute Gasteiger partial charge is 0.497 e. The van der Waals surface area contributed by atoms with E-state index in [1.807, 2.05) is 6.92 Å². The van der Waals surface area contributed by atoms with Crippen molar-refractivity contribution >= 4 is 5.97 Å². The first kappa shape index (κ1) is 13.9. The van der Waals surface area contributed by atoms with Crippen molar-refractivity contribution in [3.05, 3.63) is 29.5 Å². The Morgan fingerprint density at radius 3 is 2.65 bits per heavy atom. The van der Waals surface area contributed by atoms with Crippen LogP contribution >= 0.6 is 0 Å². The molecule has 2 rings (SSSR count). The Bertz CT molecular complexity index is 632. The van der Waals surface area contributed by atoms with Crippen molar-refractivity contribution in [2.75, 3.05) is 14.2 Å². The van der Waals surface area contributed by atoms with Crippen LogP contribution in [0, 0.1) is 0 Å². The third-order valence-corrected chi connectivity index (χ3v) is 3.00. The van der Waals surface area contributed by atoms with Crippen LogP contribution in [0.25, 0.3) is 11.3 Å². The normalized spacial score (nSPS) is 10.3. The fourth-order valence-corrected chi connectivity index (χ4v) is 2.02. The summed E-state index contributed by atoms with van der Waals surface area (Å²) in [4.78, 5) is 11.1. The van der Waals surface area contributed by atoms with Gasteiger partial charge in [0, 0.05) is 11.1 Å². The predicted octanol–water partition coefficient (Wildman–Crippen LogP) is 2.62. The molecular weight excluding hydrogens is 262 g/mol. The molecule has 0 atom stereocenters. The molecule has 1 heterocycles. The summed E-state index contributed by atoms with van der Waals surface area (Å²) in [6.07, 6.45) is 0.487. The maximum absolute atomic E-state index is 11.1. The summed E-state index contributed by atoms with van der Waals surface area (Å²) in [5, 5.41) is 13.0. The van der Waals surface area contributed by atoms with Crippen LogP contribution in [-0.2, 0) is 6.42 Å². The minimum Gasteiger partial charge on any atom is -0.497 e. The second-order valence-corrected chi connectivity index (χ2v) is 4.06. The van der Waals surface area contributed by atoms with E-state index in [9.17, 15) is 4.79 Å². The summed E-state index contributed by atoms with van der Waals surface area (Å²) < 4.78 is 15.4. The number of carboxylic acid groups (broad SMARTS) is 1. The molecule has 0 aliphatic carbocycles. The average Bonchev–Trinajstić information content (AvgIpc) is 2.90. The van der Waals surface area contributed by atoms with E-state index in [1.54, 1.807) is 25.3 Å². The van der Waals surface area contributed by atoms with Gasteiger partial charge in [0.1, 0.15) is 17.2 Å². The Morgan fingerprint density at radius 1 is 1.35 bits per heavy atom. The zero-order valence-corrected chi connectivity index (χ0v) is 11.5. The van der Waals surface area contributed by atoms with Gasteiger partial charge in [0.25, 0.3) is 0 Å². The molecule has 0 spiro atoms. The molecule has 106 valence electrons. The van der Waals surface area contributed by atoms with E-state index in [2.05, 4.69) is 5.16 Å². The summed E-state index contributed by atoms with van der Waals surface area (Å²) in [6, 6.07) is 5.23. The van der Waals surface area contributed by atoms with Crippen LogP contribution in [-0.4, -0.2) is 30.5 Å². The van der Waals surface area contributed by atoms with Crippen LogP contribution in [0.1, 0.15) is 23.0 Å². The van der Waals surface area contributed by atoms with Crippen molar-refractivity contribution in [1.82, 2.24) is 5.16 Å². The van der Waals surface area contributed by atoms with Gasteiger partial charge in [-0.05, 0) is 24.6 Å². The summed E-state index contributed by atoms with van der Waals surface area (Å²) in [7, 11) is 3.09. The molecule has 0 unspecified atom stereocenters. The molecule has 0 amide bonds. The zero-order chi connectivity index (χ0) is 14.7. The molecule has 0 fully saturated rings. The second-order valence-electron chi connectivity index (χ2n) is 4.06. The molecule has 1 aromatic heterocycles. The third kappa shape index (κ3) is 2.32. The predicted molar refractivity (Wildman–Crippen MR) is 71.4 cm³/mol. The molecule has 1 N–H and O–H groups in total. The Balaban J connectivity index is 2.64. The molecule has 0 bridgehead atoms. The van der Waals surface area contributed by atoms with Gasteiger partial charge >= 0.3 is 5.97 Å². The molecule has 0 radical (unpaired) electrons. The summed E-state index contributed by atoms with van der Waals surface area (Å²) in [5.74, 6) is -0.0803.